The molecule has 1 rings (SSSR count). The Morgan fingerprint density at radius 2 is 2.18 bits per heavy atom. The topological polar surface area (TPSA) is 89.6 Å². The zero-order valence-corrected chi connectivity index (χ0v) is 9.14. The van der Waals surface area contributed by atoms with Crippen LogP contribution in [0.3, 0.4) is 0 Å². The van der Waals surface area contributed by atoms with Crippen LogP contribution in [0.15, 0.2) is 18.2 Å². The first-order valence-corrected chi connectivity index (χ1v) is 4.81. The molecule has 0 aliphatic rings. The number of hydrogen-bond donors (Lipinski definition) is 2. The molecular formula is C11H12FNO4. The maximum absolute atomic E-state index is 13.1. The van der Waals surface area contributed by atoms with Gasteiger partial charge < -0.3 is 15.6 Å². The van der Waals surface area contributed by atoms with Crippen molar-refractivity contribution in [3.63, 3.8) is 0 Å². The summed E-state index contributed by atoms with van der Waals surface area (Å²) in [7, 11) is 1.20. The van der Waals surface area contributed by atoms with Gasteiger partial charge in [0, 0.05) is 0 Å². The van der Waals surface area contributed by atoms with Crippen LogP contribution in [-0.4, -0.2) is 30.2 Å². The number of carbonyl (C=O) groups excluding carboxylic acids is 1. The zero-order valence-electron chi connectivity index (χ0n) is 9.14. The van der Waals surface area contributed by atoms with Crippen molar-refractivity contribution in [1.82, 2.24) is 0 Å². The number of halogens is 1. The van der Waals surface area contributed by atoms with Crippen molar-refractivity contribution in [3.8, 4) is 0 Å². The standard InChI is InChI=1S/C11H12FNO4/c1-17-11(16)9(13)5-6-2-3-8(12)7(4-6)10(14)15/h2-4,9H,5,13H2,1H3,(H,14,15)/t9-/m0/s1. The predicted octanol–water partition coefficient (Wildman–Crippen LogP) is 0.567. The number of hydrogen-bond acceptors (Lipinski definition) is 4. The normalized spacial score (nSPS) is 11.9. The van der Waals surface area contributed by atoms with Gasteiger partial charge in [-0.2, -0.15) is 0 Å². The quantitative estimate of drug-likeness (QED) is 0.752. The lowest BCUT2D eigenvalue weighted by atomic mass is 10.0. The smallest absolute Gasteiger partial charge is 0.338 e. The van der Waals surface area contributed by atoms with Crippen molar-refractivity contribution in [3.05, 3.63) is 35.1 Å². The molecule has 0 spiro atoms. The van der Waals surface area contributed by atoms with Gasteiger partial charge in [-0.3, -0.25) is 4.79 Å². The van der Waals surface area contributed by atoms with Crippen molar-refractivity contribution >= 4 is 11.9 Å². The molecule has 1 aromatic rings. The molecule has 0 saturated heterocycles. The number of benzene rings is 1. The molecule has 0 unspecified atom stereocenters. The number of nitrogens with two attached hydrogens (primary N) is 1. The zero-order chi connectivity index (χ0) is 13.0. The molecule has 92 valence electrons. The lowest BCUT2D eigenvalue weighted by Gasteiger charge is -2.09. The van der Waals surface area contributed by atoms with Crippen LogP contribution in [0.2, 0.25) is 0 Å². The second-order valence-corrected chi connectivity index (χ2v) is 3.45. The lowest BCUT2D eigenvalue weighted by Crippen LogP contribution is -2.33. The van der Waals surface area contributed by atoms with Crippen molar-refractivity contribution in [2.45, 2.75) is 12.5 Å². The van der Waals surface area contributed by atoms with E-state index in [-0.39, 0.29) is 6.42 Å². The van der Waals surface area contributed by atoms with E-state index in [4.69, 9.17) is 10.8 Å². The summed E-state index contributed by atoms with van der Waals surface area (Å²) in [6.45, 7) is 0. The van der Waals surface area contributed by atoms with Gasteiger partial charge in [0.05, 0.1) is 12.7 Å². The third-order valence-corrected chi connectivity index (χ3v) is 2.22. The first kappa shape index (κ1) is 13.1. The van der Waals surface area contributed by atoms with Crippen molar-refractivity contribution in [2.75, 3.05) is 7.11 Å². The van der Waals surface area contributed by atoms with Gasteiger partial charge in [-0.25, -0.2) is 9.18 Å². The highest BCUT2D eigenvalue weighted by atomic mass is 19.1. The minimum atomic E-state index is -1.36. The van der Waals surface area contributed by atoms with E-state index < -0.39 is 29.4 Å². The van der Waals surface area contributed by atoms with E-state index in [2.05, 4.69) is 4.74 Å². The Hall–Kier alpha value is -1.95. The summed E-state index contributed by atoms with van der Waals surface area (Å²) in [6, 6.07) is 2.67. The maximum atomic E-state index is 13.1. The van der Waals surface area contributed by atoms with Gasteiger partial charge in [-0.1, -0.05) is 6.07 Å². The van der Waals surface area contributed by atoms with Gasteiger partial charge in [-0.15, -0.1) is 0 Å². The molecular weight excluding hydrogens is 229 g/mol. The number of carbonyl (C=O) groups is 2. The van der Waals surface area contributed by atoms with E-state index in [0.29, 0.717) is 5.56 Å². The Kier molecular flexibility index (Phi) is 4.17. The van der Waals surface area contributed by atoms with Crippen molar-refractivity contribution in [1.29, 1.82) is 0 Å². The summed E-state index contributed by atoms with van der Waals surface area (Å²) >= 11 is 0. The summed E-state index contributed by atoms with van der Waals surface area (Å²) in [6.07, 6.45) is 0.0905. The number of rotatable bonds is 4. The van der Waals surface area contributed by atoms with Gasteiger partial charge >= 0.3 is 11.9 Å². The summed E-state index contributed by atoms with van der Waals surface area (Å²) in [5.41, 5.74) is 5.52. The molecule has 1 atom stereocenters. The number of esters is 1. The van der Waals surface area contributed by atoms with Crippen LogP contribution in [0, 0.1) is 5.82 Å². The van der Waals surface area contributed by atoms with Crippen molar-refractivity contribution < 1.29 is 23.8 Å². The molecule has 0 radical (unpaired) electrons. The van der Waals surface area contributed by atoms with Crippen LogP contribution in [0.4, 0.5) is 4.39 Å². The number of carboxylic acid groups (broad SMARTS) is 1. The monoisotopic (exact) mass is 241 g/mol. The van der Waals surface area contributed by atoms with Crippen LogP contribution in [0.5, 0.6) is 0 Å². The third-order valence-electron chi connectivity index (χ3n) is 2.22. The highest BCUT2D eigenvalue weighted by Crippen LogP contribution is 2.12. The van der Waals surface area contributed by atoms with Crippen LogP contribution < -0.4 is 5.73 Å². The fourth-order valence-corrected chi connectivity index (χ4v) is 1.35. The molecule has 0 amide bonds. The number of ether oxygens (including phenoxy) is 1. The second-order valence-electron chi connectivity index (χ2n) is 3.45. The highest BCUT2D eigenvalue weighted by molar-refractivity contribution is 5.88. The summed E-state index contributed by atoms with van der Waals surface area (Å²) in [4.78, 5) is 21.8. The Morgan fingerprint density at radius 1 is 1.53 bits per heavy atom. The lowest BCUT2D eigenvalue weighted by molar-refractivity contribution is -0.142. The molecule has 6 heteroatoms. The second kappa shape index (κ2) is 5.40. The molecule has 0 bridgehead atoms. The van der Waals surface area contributed by atoms with E-state index in [1.54, 1.807) is 0 Å². The Labute approximate surface area is 97.0 Å². The Balaban J connectivity index is 2.90. The van der Waals surface area contributed by atoms with Gasteiger partial charge in [-0.05, 0) is 24.1 Å². The molecule has 0 aliphatic carbocycles. The van der Waals surface area contributed by atoms with Gasteiger partial charge in [0.15, 0.2) is 0 Å². The minimum Gasteiger partial charge on any atom is -0.478 e. The molecule has 0 fully saturated rings. The maximum Gasteiger partial charge on any atom is 0.338 e. The van der Waals surface area contributed by atoms with Crippen LogP contribution in [0.25, 0.3) is 0 Å². The van der Waals surface area contributed by atoms with E-state index in [1.165, 1.54) is 13.2 Å². The Morgan fingerprint density at radius 3 is 2.71 bits per heavy atom. The third kappa shape index (κ3) is 3.25. The largest absolute Gasteiger partial charge is 0.478 e. The van der Waals surface area contributed by atoms with E-state index in [9.17, 15) is 14.0 Å². The summed E-state index contributed by atoms with van der Waals surface area (Å²) in [5, 5.41) is 8.72. The highest BCUT2D eigenvalue weighted by Gasteiger charge is 2.16. The van der Waals surface area contributed by atoms with Crippen LogP contribution in [-0.2, 0) is 16.0 Å². The molecule has 0 aliphatic heterocycles. The van der Waals surface area contributed by atoms with Gasteiger partial charge in [0.2, 0.25) is 0 Å². The van der Waals surface area contributed by atoms with E-state index in [0.717, 1.165) is 12.1 Å². The molecule has 0 aromatic heterocycles. The number of carboxylic acids is 1. The first-order valence-electron chi connectivity index (χ1n) is 4.81. The fourth-order valence-electron chi connectivity index (χ4n) is 1.35. The average Bonchev–Trinajstić information content (AvgIpc) is 2.30. The summed E-state index contributed by atoms with van der Waals surface area (Å²) in [5.74, 6) is -2.80. The molecule has 5 nitrogen and oxygen atoms in total. The minimum absolute atomic E-state index is 0.0905. The molecule has 17 heavy (non-hydrogen) atoms. The van der Waals surface area contributed by atoms with Crippen LogP contribution >= 0.6 is 0 Å². The molecule has 0 heterocycles. The molecule has 3 N–H and O–H groups in total. The van der Waals surface area contributed by atoms with Gasteiger partial charge in [0.25, 0.3) is 0 Å². The van der Waals surface area contributed by atoms with Gasteiger partial charge in [0.1, 0.15) is 11.9 Å². The van der Waals surface area contributed by atoms with E-state index >= 15 is 0 Å². The van der Waals surface area contributed by atoms with E-state index in [1.807, 2.05) is 0 Å². The SMILES string of the molecule is COC(=O)[C@@H](N)Cc1ccc(F)c(C(=O)O)c1. The average molecular weight is 241 g/mol. The number of methoxy groups -OCH3 is 1. The fraction of sp³-hybridized carbons (Fsp3) is 0.273. The number of aromatic carboxylic acids is 1. The molecule has 1 aromatic carbocycles. The van der Waals surface area contributed by atoms with Crippen molar-refractivity contribution in [2.24, 2.45) is 5.73 Å². The summed E-state index contributed by atoms with van der Waals surface area (Å²) < 4.78 is 17.5. The van der Waals surface area contributed by atoms with Crippen LogP contribution in [0.1, 0.15) is 15.9 Å². The Bertz CT molecular complexity index is 447. The predicted molar refractivity (Wildman–Crippen MR) is 57.1 cm³/mol. The first-order chi connectivity index (χ1) is 7.95. The molecule has 0 saturated carbocycles.